The highest BCUT2D eigenvalue weighted by molar-refractivity contribution is 6.32. The van der Waals surface area contributed by atoms with Crippen LogP contribution in [-0.4, -0.2) is 25.9 Å². The van der Waals surface area contributed by atoms with Gasteiger partial charge in [0.15, 0.2) is 0 Å². The van der Waals surface area contributed by atoms with E-state index in [1.807, 2.05) is 4.98 Å². The van der Waals surface area contributed by atoms with Gasteiger partial charge in [-0.2, -0.15) is 0 Å². The minimum Gasteiger partial charge on any atom is -0.295 e. The lowest BCUT2D eigenvalue weighted by Gasteiger charge is -2.36. The van der Waals surface area contributed by atoms with Gasteiger partial charge in [0, 0.05) is 12.6 Å². The highest BCUT2D eigenvalue weighted by atomic mass is 35.5. The Hall–Kier alpha value is -3.01. The van der Waals surface area contributed by atoms with Gasteiger partial charge in [0.05, 0.1) is 22.0 Å². The number of aromatic nitrogens is 3. The summed E-state index contributed by atoms with van der Waals surface area (Å²) in [5.41, 5.74) is -4.68. The van der Waals surface area contributed by atoms with Crippen molar-refractivity contribution in [3.05, 3.63) is 60.0 Å². The van der Waals surface area contributed by atoms with Crippen molar-refractivity contribution < 1.29 is 14.0 Å². The van der Waals surface area contributed by atoms with Crippen molar-refractivity contribution in [3.8, 4) is 5.69 Å². The Bertz CT molecular complexity index is 1250. The molecule has 1 saturated carbocycles. The lowest BCUT2D eigenvalue weighted by molar-refractivity contribution is -0.126. The van der Waals surface area contributed by atoms with E-state index < -0.39 is 46.0 Å². The van der Waals surface area contributed by atoms with Gasteiger partial charge in [0.1, 0.15) is 5.82 Å². The number of hydrogen-bond acceptors (Lipinski definition) is 5. The summed E-state index contributed by atoms with van der Waals surface area (Å²) in [7, 11) is 1.16. The van der Waals surface area contributed by atoms with Crippen LogP contribution in [0.25, 0.3) is 5.69 Å². The number of aromatic amines is 1. The average molecular weight is 423 g/mol. The molecule has 4 rings (SSSR count). The fourth-order valence-electron chi connectivity index (χ4n) is 4.37. The molecule has 2 heterocycles. The second kappa shape index (κ2) is 6.51. The molecular formula is C18H16ClFN4O5. The number of nitrogens with zero attached hydrogens (tertiary/aromatic N) is 2. The largest absolute Gasteiger partial charge is 0.340 e. The van der Waals surface area contributed by atoms with Crippen molar-refractivity contribution in [2.24, 2.45) is 13.0 Å². The first-order valence-electron chi connectivity index (χ1n) is 8.96. The summed E-state index contributed by atoms with van der Waals surface area (Å²) < 4.78 is 16.3. The normalized spacial score (nSPS) is 23.8. The Kier molecular flexibility index (Phi) is 4.34. The molecule has 1 aromatic heterocycles. The summed E-state index contributed by atoms with van der Waals surface area (Å²) in [5, 5.41) is 2.02. The van der Waals surface area contributed by atoms with Crippen LogP contribution in [0.5, 0.6) is 0 Å². The third-order valence-corrected chi connectivity index (χ3v) is 6.13. The molecule has 1 aromatic carbocycles. The lowest BCUT2D eigenvalue weighted by Crippen LogP contribution is -2.48. The van der Waals surface area contributed by atoms with Crippen LogP contribution in [-0.2, 0) is 22.1 Å². The van der Waals surface area contributed by atoms with Crippen LogP contribution in [0, 0.1) is 11.7 Å². The predicted octanol–water partition coefficient (Wildman–Crippen LogP) is 0.101. The number of carbonyl (C=O) groups is 2. The summed E-state index contributed by atoms with van der Waals surface area (Å²) in [5.74, 6) is -2.64. The van der Waals surface area contributed by atoms with Crippen molar-refractivity contribution >= 4 is 23.4 Å². The van der Waals surface area contributed by atoms with Crippen molar-refractivity contribution in [1.29, 1.82) is 0 Å². The van der Waals surface area contributed by atoms with Gasteiger partial charge in [-0.05, 0) is 25.0 Å². The molecule has 1 saturated heterocycles. The Morgan fingerprint density at radius 1 is 1.14 bits per heavy atom. The summed E-state index contributed by atoms with van der Waals surface area (Å²) >= 11 is 6.11. The molecule has 0 bridgehead atoms. The number of amides is 2. The zero-order valence-corrected chi connectivity index (χ0v) is 16.0. The van der Waals surface area contributed by atoms with Gasteiger partial charge >= 0.3 is 17.1 Å². The van der Waals surface area contributed by atoms with Crippen LogP contribution >= 0.6 is 11.6 Å². The Morgan fingerprint density at radius 2 is 1.86 bits per heavy atom. The van der Waals surface area contributed by atoms with Gasteiger partial charge in [0.25, 0.3) is 0 Å². The van der Waals surface area contributed by atoms with Crippen molar-refractivity contribution in [3.63, 3.8) is 0 Å². The minimum atomic E-state index is -1.43. The van der Waals surface area contributed by atoms with Crippen molar-refractivity contribution in [1.82, 2.24) is 19.4 Å². The number of fused-ring (bicyclic) bond motifs is 1. The molecule has 9 nitrogen and oxygen atoms in total. The summed E-state index contributed by atoms with van der Waals surface area (Å²) in [6.45, 7) is 0. The van der Waals surface area contributed by atoms with Crippen LogP contribution in [0.2, 0.25) is 5.02 Å². The molecule has 2 aliphatic rings. The highest BCUT2D eigenvalue weighted by Crippen LogP contribution is 2.48. The fraction of sp³-hybridized carbons (Fsp3) is 0.389. The third-order valence-electron chi connectivity index (χ3n) is 5.83. The molecular weight excluding hydrogens is 407 g/mol. The summed E-state index contributed by atoms with van der Waals surface area (Å²) in [6, 6.07) is 2.05. The minimum absolute atomic E-state index is 0.106. The second-order valence-corrected chi connectivity index (χ2v) is 7.69. The smallest absolute Gasteiger partial charge is 0.295 e. The number of carbonyl (C=O) groups excluding carboxylic acids is 2. The molecule has 1 aliphatic heterocycles. The zero-order valence-electron chi connectivity index (χ0n) is 15.3. The number of halogens is 2. The van der Waals surface area contributed by atoms with Crippen LogP contribution in [0.3, 0.4) is 0 Å². The van der Waals surface area contributed by atoms with Gasteiger partial charge < -0.3 is 0 Å². The van der Waals surface area contributed by atoms with Gasteiger partial charge in [-0.1, -0.05) is 24.4 Å². The Morgan fingerprint density at radius 3 is 2.59 bits per heavy atom. The standard InChI is InChI=1S/C18H16ClFN4O5/c1-23-15(27)22-16(28)24(17(23)29)12-6-9(11(20)7-10(12)19)18-5-3-2-4-8(18)13(25)21-14(18)26/h6-8H,2-5H2,1H3,(H,21,25,26)(H,22,27,28). The molecule has 2 aromatic rings. The second-order valence-electron chi connectivity index (χ2n) is 7.28. The molecule has 2 fully saturated rings. The first-order chi connectivity index (χ1) is 13.7. The maximum Gasteiger partial charge on any atom is 0.340 e. The first-order valence-corrected chi connectivity index (χ1v) is 9.34. The van der Waals surface area contributed by atoms with E-state index in [1.54, 1.807) is 0 Å². The molecule has 2 amide bonds. The first kappa shape index (κ1) is 19.3. The van der Waals surface area contributed by atoms with E-state index in [4.69, 9.17) is 11.6 Å². The van der Waals surface area contributed by atoms with Crippen molar-refractivity contribution in [2.75, 3.05) is 0 Å². The van der Waals surface area contributed by atoms with Gasteiger partial charge in [0.2, 0.25) is 11.8 Å². The number of H-pyrrole nitrogens is 1. The molecule has 1 aliphatic carbocycles. The number of rotatable bonds is 2. The highest BCUT2D eigenvalue weighted by Gasteiger charge is 2.58. The number of imide groups is 1. The van der Waals surface area contributed by atoms with Crippen LogP contribution in [0.4, 0.5) is 4.39 Å². The topological polar surface area (TPSA) is 123 Å². The maximum absolute atomic E-state index is 15.0. The quantitative estimate of drug-likeness (QED) is 0.664. The number of nitrogens with one attached hydrogen (secondary N) is 2. The van der Waals surface area contributed by atoms with E-state index in [0.717, 1.165) is 25.6 Å². The Balaban J connectivity index is 2.03. The van der Waals surface area contributed by atoms with E-state index in [2.05, 4.69) is 5.32 Å². The SMILES string of the molecule is Cn1c(=O)[nH]c(=O)n(-c2cc(C34CCCCC3C(=O)NC4=O)c(F)cc2Cl)c1=O. The van der Waals surface area contributed by atoms with Gasteiger partial charge in [-0.3, -0.25) is 19.9 Å². The fourth-order valence-corrected chi connectivity index (χ4v) is 4.61. The number of hydrogen-bond donors (Lipinski definition) is 2. The van der Waals surface area contributed by atoms with Crippen LogP contribution in [0.1, 0.15) is 31.2 Å². The van der Waals surface area contributed by atoms with E-state index >= 15 is 4.39 Å². The number of benzene rings is 1. The third kappa shape index (κ3) is 2.62. The maximum atomic E-state index is 15.0. The monoisotopic (exact) mass is 422 g/mol. The molecule has 0 radical (unpaired) electrons. The summed E-state index contributed by atoms with van der Waals surface area (Å²) in [6.07, 6.45) is 1.98. The molecule has 152 valence electrons. The molecule has 2 N–H and O–H groups in total. The van der Waals surface area contributed by atoms with Crippen LogP contribution < -0.4 is 22.4 Å². The molecule has 2 unspecified atom stereocenters. The average Bonchev–Trinajstić information content (AvgIpc) is 2.93. The zero-order chi connectivity index (χ0) is 21.1. The predicted molar refractivity (Wildman–Crippen MR) is 99.7 cm³/mol. The van der Waals surface area contributed by atoms with E-state index in [1.165, 1.54) is 0 Å². The molecule has 29 heavy (non-hydrogen) atoms. The lowest BCUT2D eigenvalue weighted by atomic mass is 9.63. The van der Waals surface area contributed by atoms with Gasteiger partial charge in [-0.15, -0.1) is 0 Å². The van der Waals surface area contributed by atoms with E-state index in [0.29, 0.717) is 22.0 Å². The summed E-state index contributed by atoms with van der Waals surface area (Å²) in [4.78, 5) is 63.4. The molecule has 11 heteroatoms. The van der Waals surface area contributed by atoms with Crippen LogP contribution in [0.15, 0.2) is 26.5 Å². The van der Waals surface area contributed by atoms with E-state index in [9.17, 15) is 24.0 Å². The molecule has 2 atom stereocenters. The molecule has 0 spiro atoms. The van der Waals surface area contributed by atoms with Gasteiger partial charge in [-0.25, -0.2) is 27.9 Å². The van der Waals surface area contributed by atoms with E-state index in [-0.39, 0.29) is 22.7 Å². The van der Waals surface area contributed by atoms with Crippen molar-refractivity contribution in [2.45, 2.75) is 31.1 Å². The Labute approximate surface area is 167 Å².